The molecule has 2 N–H and O–H groups in total. The number of hydrogen-bond donors (Lipinski definition) is 2. The number of carbonyl (C=O) groups is 1. The Labute approximate surface area is 210 Å². The molecule has 2 heterocycles. The number of phenols is 1. The standard InChI is InChI=1S/C23H32ClF3N2O5S/c1-21(2,3)35(32)28-19(14-10-16(24)15(11-17(14)30)23(25,26)27)13-6-8-29(9-7-13)20(31)18-12-33-22(4,5)34-18/h10-11,13,18-19,28,30H,6-9,12H2,1-5H3/t18-,19?,35?/m1/s1. The van der Waals surface area contributed by atoms with Gasteiger partial charge < -0.3 is 19.5 Å². The highest BCUT2D eigenvalue weighted by atomic mass is 35.5. The van der Waals surface area contributed by atoms with E-state index in [-0.39, 0.29) is 24.0 Å². The molecule has 0 aromatic heterocycles. The summed E-state index contributed by atoms with van der Waals surface area (Å²) in [5.74, 6) is -1.81. The highest BCUT2D eigenvalue weighted by Gasteiger charge is 2.41. The first kappa shape index (κ1) is 28.2. The number of phenolic OH excluding ortho intramolecular Hbond substituents is 1. The van der Waals surface area contributed by atoms with Crippen LogP contribution in [0.4, 0.5) is 13.2 Å². The molecule has 0 bridgehead atoms. The van der Waals surface area contributed by atoms with Gasteiger partial charge in [-0.05, 0) is 65.5 Å². The maximum atomic E-state index is 13.3. The highest BCUT2D eigenvalue weighted by molar-refractivity contribution is 7.84. The van der Waals surface area contributed by atoms with Gasteiger partial charge in [-0.2, -0.15) is 13.2 Å². The molecule has 0 radical (unpaired) electrons. The van der Waals surface area contributed by atoms with Gasteiger partial charge in [0, 0.05) is 18.7 Å². The zero-order chi connectivity index (χ0) is 26.3. The van der Waals surface area contributed by atoms with Gasteiger partial charge in [0.05, 0.1) is 39.0 Å². The quantitative estimate of drug-likeness (QED) is 0.572. The molecule has 1 aromatic carbocycles. The minimum absolute atomic E-state index is 0.139. The Kier molecular flexibility index (Phi) is 8.18. The van der Waals surface area contributed by atoms with Gasteiger partial charge in [0.15, 0.2) is 11.9 Å². The first-order chi connectivity index (χ1) is 16.0. The molecule has 3 atom stereocenters. The van der Waals surface area contributed by atoms with Gasteiger partial charge in [0.2, 0.25) is 0 Å². The summed E-state index contributed by atoms with van der Waals surface area (Å²) in [6.07, 6.45) is -4.47. The molecular formula is C23H32ClF3N2O5S. The third kappa shape index (κ3) is 6.68. The zero-order valence-electron chi connectivity index (χ0n) is 20.4. The Balaban J connectivity index is 1.82. The van der Waals surface area contributed by atoms with E-state index in [9.17, 15) is 27.3 Å². The van der Waals surface area contributed by atoms with Crippen molar-refractivity contribution in [2.24, 2.45) is 5.92 Å². The number of nitrogens with one attached hydrogen (secondary N) is 1. The predicted octanol–water partition coefficient (Wildman–Crippen LogP) is 4.55. The number of ether oxygens (including phenoxy) is 2. The molecule has 2 aliphatic heterocycles. The topological polar surface area (TPSA) is 88.1 Å². The summed E-state index contributed by atoms with van der Waals surface area (Å²) in [5.41, 5.74) is -1.00. The van der Waals surface area contributed by atoms with E-state index in [0.717, 1.165) is 6.07 Å². The number of carbonyl (C=O) groups excluding carboxylic acids is 1. The highest BCUT2D eigenvalue weighted by Crippen LogP contribution is 2.43. The molecule has 198 valence electrons. The van der Waals surface area contributed by atoms with E-state index in [2.05, 4.69) is 4.72 Å². The molecule has 1 amide bonds. The van der Waals surface area contributed by atoms with Crippen molar-refractivity contribution >= 4 is 28.5 Å². The summed E-state index contributed by atoms with van der Waals surface area (Å²) in [6, 6.07) is 0.946. The van der Waals surface area contributed by atoms with Gasteiger partial charge in [0.1, 0.15) is 5.75 Å². The number of benzene rings is 1. The minimum atomic E-state index is -4.73. The summed E-state index contributed by atoms with van der Waals surface area (Å²) in [5, 5.41) is 9.99. The van der Waals surface area contributed by atoms with Crippen molar-refractivity contribution in [1.82, 2.24) is 9.62 Å². The fourth-order valence-corrected chi connectivity index (χ4v) is 5.40. The number of aromatic hydroxyl groups is 1. The first-order valence-corrected chi connectivity index (χ1v) is 12.9. The largest absolute Gasteiger partial charge is 0.508 e. The van der Waals surface area contributed by atoms with Crippen LogP contribution >= 0.6 is 11.6 Å². The van der Waals surface area contributed by atoms with Crippen molar-refractivity contribution in [2.45, 2.75) is 76.3 Å². The Morgan fingerprint density at radius 2 is 1.86 bits per heavy atom. The van der Waals surface area contributed by atoms with E-state index >= 15 is 0 Å². The maximum Gasteiger partial charge on any atom is 0.417 e. The van der Waals surface area contributed by atoms with Gasteiger partial charge >= 0.3 is 6.18 Å². The third-order valence-electron chi connectivity index (χ3n) is 6.15. The molecule has 12 heteroatoms. The van der Waals surface area contributed by atoms with E-state index < -0.39 is 56.2 Å². The monoisotopic (exact) mass is 540 g/mol. The molecule has 0 aliphatic carbocycles. The molecule has 2 unspecified atom stereocenters. The van der Waals surface area contributed by atoms with Gasteiger partial charge in [0.25, 0.3) is 5.91 Å². The van der Waals surface area contributed by atoms with E-state index in [1.165, 1.54) is 0 Å². The van der Waals surface area contributed by atoms with Crippen LogP contribution in [-0.4, -0.2) is 56.5 Å². The molecule has 1 aromatic rings. The molecule has 2 fully saturated rings. The average molecular weight is 541 g/mol. The van der Waals surface area contributed by atoms with E-state index in [4.69, 9.17) is 21.1 Å². The predicted molar refractivity (Wildman–Crippen MR) is 126 cm³/mol. The number of amides is 1. The molecule has 2 saturated heterocycles. The number of alkyl halides is 3. The summed E-state index contributed by atoms with van der Waals surface area (Å²) in [7, 11) is -1.58. The molecule has 0 spiro atoms. The van der Waals surface area contributed by atoms with Crippen LogP contribution in [0.3, 0.4) is 0 Å². The van der Waals surface area contributed by atoms with Crippen molar-refractivity contribution in [3.8, 4) is 5.75 Å². The van der Waals surface area contributed by atoms with Crippen LogP contribution in [0.25, 0.3) is 0 Å². The lowest BCUT2D eigenvalue weighted by Crippen LogP contribution is -2.47. The second kappa shape index (κ2) is 10.2. The lowest BCUT2D eigenvalue weighted by molar-refractivity contribution is -0.161. The molecular weight excluding hydrogens is 509 g/mol. The molecule has 35 heavy (non-hydrogen) atoms. The number of likely N-dealkylation sites (tertiary alicyclic amines) is 1. The second-order valence-corrected chi connectivity index (χ2v) is 12.8. The van der Waals surface area contributed by atoms with Gasteiger partial charge in [-0.1, -0.05) is 11.6 Å². The number of piperidine rings is 1. The lowest BCUT2D eigenvalue weighted by atomic mass is 9.85. The van der Waals surface area contributed by atoms with Crippen LogP contribution in [0.2, 0.25) is 5.02 Å². The van der Waals surface area contributed by atoms with Crippen molar-refractivity contribution in [3.05, 3.63) is 28.3 Å². The van der Waals surface area contributed by atoms with Gasteiger partial charge in [-0.25, -0.2) is 8.93 Å². The number of rotatable bonds is 5. The second-order valence-electron chi connectivity index (χ2n) is 10.3. The maximum absolute atomic E-state index is 13.3. The lowest BCUT2D eigenvalue weighted by Gasteiger charge is -2.38. The van der Waals surface area contributed by atoms with Crippen molar-refractivity contribution in [1.29, 1.82) is 0 Å². The summed E-state index contributed by atoms with van der Waals surface area (Å²) in [4.78, 5) is 14.5. The average Bonchev–Trinajstić information content (AvgIpc) is 3.11. The van der Waals surface area contributed by atoms with E-state index in [1.54, 1.807) is 39.5 Å². The molecule has 2 aliphatic rings. The van der Waals surface area contributed by atoms with Crippen molar-refractivity contribution < 1.29 is 36.8 Å². The van der Waals surface area contributed by atoms with Crippen LogP contribution in [0.5, 0.6) is 5.75 Å². The summed E-state index contributed by atoms with van der Waals surface area (Å²) >= 11 is 5.94. The summed E-state index contributed by atoms with van der Waals surface area (Å²) in [6.45, 7) is 9.67. The van der Waals surface area contributed by atoms with Gasteiger partial charge in [-0.15, -0.1) is 0 Å². The normalized spacial score (nSPS) is 23.3. The Morgan fingerprint density at radius 1 is 1.26 bits per heavy atom. The number of hydrogen-bond acceptors (Lipinski definition) is 5. The molecule has 3 rings (SSSR count). The Morgan fingerprint density at radius 3 is 2.34 bits per heavy atom. The fourth-order valence-electron chi connectivity index (χ4n) is 4.21. The van der Waals surface area contributed by atoms with E-state index in [0.29, 0.717) is 32.0 Å². The number of nitrogens with zero attached hydrogens (tertiary/aromatic N) is 1. The molecule has 7 nitrogen and oxygen atoms in total. The van der Waals surface area contributed by atoms with Crippen LogP contribution < -0.4 is 4.72 Å². The van der Waals surface area contributed by atoms with Crippen LogP contribution in [0, 0.1) is 5.92 Å². The summed E-state index contributed by atoms with van der Waals surface area (Å²) < 4.78 is 66.2. The SMILES string of the molecule is CC1(C)OC[C@H](C(=O)N2CCC(C(NS(=O)C(C)(C)C)c3cc(Cl)c(C(F)(F)F)cc3O)CC2)O1. The zero-order valence-corrected chi connectivity index (χ0v) is 21.9. The smallest absolute Gasteiger partial charge is 0.417 e. The van der Waals surface area contributed by atoms with E-state index in [1.807, 2.05) is 0 Å². The number of halogens is 4. The Bertz CT molecular complexity index is 975. The van der Waals surface area contributed by atoms with Crippen LogP contribution in [-0.2, 0) is 31.4 Å². The minimum Gasteiger partial charge on any atom is -0.508 e. The van der Waals surface area contributed by atoms with Crippen molar-refractivity contribution in [2.75, 3.05) is 19.7 Å². The van der Waals surface area contributed by atoms with Gasteiger partial charge in [-0.3, -0.25) is 4.79 Å². The van der Waals surface area contributed by atoms with Crippen molar-refractivity contribution in [3.63, 3.8) is 0 Å². The Hall–Kier alpha value is -1.40. The fraction of sp³-hybridized carbons (Fsp3) is 0.696. The third-order valence-corrected chi connectivity index (χ3v) is 8.05. The molecule has 0 saturated carbocycles. The van der Waals surface area contributed by atoms with Crippen LogP contribution in [0.15, 0.2) is 12.1 Å². The van der Waals surface area contributed by atoms with Crippen LogP contribution in [0.1, 0.15) is 64.6 Å². The first-order valence-electron chi connectivity index (χ1n) is 11.4.